The maximum Gasteiger partial charge on any atom is 0.326 e. The molecule has 118 valence electrons. The summed E-state index contributed by atoms with van der Waals surface area (Å²) in [6.45, 7) is 3.66. The van der Waals surface area contributed by atoms with E-state index < -0.39 is 33.0 Å². The quantitative estimate of drug-likeness (QED) is 0.669. The average Bonchev–Trinajstić information content (AvgIpc) is 2.87. The number of hydrogen-bond donors (Lipinski definition) is 3. The molecule has 0 aliphatic rings. The van der Waals surface area contributed by atoms with Crippen molar-refractivity contribution in [2.45, 2.75) is 31.4 Å². The van der Waals surface area contributed by atoms with Gasteiger partial charge in [0.05, 0.1) is 5.56 Å². The number of amides is 1. The smallest absolute Gasteiger partial charge is 0.326 e. The minimum absolute atomic E-state index is 0.0566. The molecule has 0 radical (unpaired) electrons. The SMILES string of the molecule is CNS(=O)(=O)c1cc(C(=O)N[C@@H](CC(C)C)C(=O)O)co1. The molecule has 0 fully saturated rings. The summed E-state index contributed by atoms with van der Waals surface area (Å²) in [6, 6.07) is -0.00751. The highest BCUT2D eigenvalue weighted by atomic mass is 32.2. The minimum atomic E-state index is -3.79. The molecule has 0 saturated carbocycles. The van der Waals surface area contributed by atoms with Gasteiger partial charge in [-0.3, -0.25) is 4.79 Å². The Balaban J connectivity index is 2.87. The zero-order valence-electron chi connectivity index (χ0n) is 11.9. The van der Waals surface area contributed by atoms with E-state index in [1.165, 1.54) is 7.05 Å². The Kier molecular flexibility index (Phi) is 5.50. The topological polar surface area (TPSA) is 126 Å². The van der Waals surface area contributed by atoms with Crippen LogP contribution in [0.25, 0.3) is 0 Å². The molecule has 1 amide bonds. The van der Waals surface area contributed by atoms with E-state index in [9.17, 15) is 18.0 Å². The number of carbonyl (C=O) groups is 2. The van der Waals surface area contributed by atoms with E-state index in [-0.39, 0.29) is 17.9 Å². The van der Waals surface area contributed by atoms with Crippen LogP contribution in [0.3, 0.4) is 0 Å². The fourth-order valence-corrected chi connectivity index (χ4v) is 2.27. The van der Waals surface area contributed by atoms with Gasteiger partial charge in [-0.05, 0) is 19.4 Å². The van der Waals surface area contributed by atoms with Gasteiger partial charge in [-0.25, -0.2) is 17.9 Å². The van der Waals surface area contributed by atoms with Crippen molar-refractivity contribution < 1.29 is 27.5 Å². The lowest BCUT2D eigenvalue weighted by molar-refractivity contribution is -0.139. The van der Waals surface area contributed by atoms with E-state index in [4.69, 9.17) is 9.52 Å². The van der Waals surface area contributed by atoms with Gasteiger partial charge >= 0.3 is 5.97 Å². The molecule has 1 aromatic heterocycles. The number of rotatable bonds is 7. The van der Waals surface area contributed by atoms with Crippen molar-refractivity contribution >= 4 is 21.9 Å². The number of nitrogens with one attached hydrogen (secondary N) is 2. The third-order valence-electron chi connectivity index (χ3n) is 2.68. The lowest BCUT2D eigenvalue weighted by Crippen LogP contribution is -2.41. The van der Waals surface area contributed by atoms with Crippen molar-refractivity contribution in [3.8, 4) is 0 Å². The largest absolute Gasteiger partial charge is 0.480 e. The lowest BCUT2D eigenvalue weighted by Gasteiger charge is -2.15. The van der Waals surface area contributed by atoms with E-state index >= 15 is 0 Å². The van der Waals surface area contributed by atoms with Gasteiger partial charge in [-0.2, -0.15) is 0 Å². The number of carbonyl (C=O) groups excluding carboxylic acids is 1. The number of carboxylic acid groups (broad SMARTS) is 1. The van der Waals surface area contributed by atoms with Gasteiger partial charge in [0, 0.05) is 6.07 Å². The zero-order valence-corrected chi connectivity index (χ0v) is 12.7. The van der Waals surface area contributed by atoms with Gasteiger partial charge in [0.2, 0.25) is 5.09 Å². The van der Waals surface area contributed by atoms with Crippen LogP contribution in [0, 0.1) is 5.92 Å². The van der Waals surface area contributed by atoms with E-state index in [0.717, 1.165) is 12.3 Å². The van der Waals surface area contributed by atoms with Gasteiger partial charge in [-0.1, -0.05) is 13.8 Å². The van der Waals surface area contributed by atoms with Crippen molar-refractivity contribution in [3.05, 3.63) is 17.9 Å². The standard InChI is InChI=1S/C12H18N2O6S/c1-7(2)4-9(12(16)17)14-11(15)8-5-10(20-6-8)21(18,19)13-3/h5-7,9,13H,4H2,1-3H3,(H,14,15)(H,16,17)/t9-/m0/s1. The van der Waals surface area contributed by atoms with Crippen molar-refractivity contribution in [2.24, 2.45) is 5.92 Å². The second kappa shape index (κ2) is 6.72. The number of aliphatic carboxylic acids is 1. The Morgan fingerprint density at radius 3 is 2.48 bits per heavy atom. The summed E-state index contributed by atoms with van der Waals surface area (Å²) in [7, 11) is -2.58. The van der Waals surface area contributed by atoms with Gasteiger partial charge in [0.1, 0.15) is 12.3 Å². The number of carboxylic acids is 1. The van der Waals surface area contributed by atoms with E-state index in [1.54, 1.807) is 0 Å². The monoisotopic (exact) mass is 318 g/mol. The van der Waals surface area contributed by atoms with E-state index in [0.29, 0.717) is 0 Å². The third-order valence-corrected chi connectivity index (χ3v) is 3.96. The molecule has 0 unspecified atom stereocenters. The van der Waals surface area contributed by atoms with Crippen LogP contribution in [0.1, 0.15) is 30.6 Å². The summed E-state index contributed by atoms with van der Waals surface area (Å²) >= 11 is 0. The molecule has 0 aliphatic carbocycles. The predicted molar refractivity (Wildman–Crippen MR) is 73.3 cm³/mol. The fraction of sp³-hybridized carbons (Fsp3) is 0.500. The number of furan rings is 1. The van der Waals surface area contributed by atoms with Gasteiger partial charge in [0.25, 0.3) is 15.9 Å². The molecule has 0 bridgehead atoms. The molecular formula is C12H18N2O6S. The Hall–Kier alpha value is -1.87. The first-order valence-corrected chi connectivity index (χ1v) is 7.71. The van der Waals surface area contributed by atoms with Crippen molar-refractivity contribution in [3.63, 3.8) is 0 Å². The molecular weight excluding hydrogens is 300 g/mol. The van der Waals surface area contributed by atoms with Crippen molar-refractivity contribution in [1.82, 2.24) is 10.0 Å². The molecule has 21 heavy (non-hydrogen) atoms. The molecule has 1 aromatic rings. The molecule has 1 atom stereocenters. The Morgan fingerprint density at radius 1 is 1.38 bits per heavy atom. The van der Waals surface area contributed by atoms with Crippen LogP contribution in [0.2, 0.25) is 0 Å². The average molecular weight is 318 g/mol. The van der Waals surface area contributed by atoms with Crippen molar-refractivity contribution in [1.29, 1.82) is 0 Å². The predicted octanol–water partition coefficient (Wildman–Crippen LogP) is 0.417. The summed E-state index contributed by atoms with van der Waals surface area (Å²) in [6.07, 6.45) is 1.23. The summed E-state index contributed by atoms with van der Waals surface area (Å²) in [5, 5.41) is 11.0. The molecule has 0 saturated heterocycles. The summed E-state index contributed by atoms with van der Waals surface area (Å²) in [4.78, 5) is 23.0. The lowest BCUT2D eigenvalue weighted by atomic mass is 10.0. The second-order valence-corrected chi connectivity index (χ2v) is 6.67. The van der Waals surface area contributed by atoms with Gasteiger partial charge < -0.3 is 14.8 Å². The van der Waals surface area contributed by atoms with E-state index in [1.807, 2.05) is 18.6 Å². The fourth-order valence-electron chi connectivity index (χ4n) is 1.61. The van der Waals surface area contributed by atoms with Crippen LogP contribution < -0.4 is 10.0 Å². The highest BCUT2D eigenvalue weighted by Crippen LogP contribution is 2.14. The van der Waals surface area contributed by atoms with Crippen LogP contribution >= 0.6 is 0 Å². The highest BCUT2D eigenvalue weighted by Gasteiger charge is 2.24. The first-order valence-electron chi connectivity index (χ1n) is 6.23. The molecule has 0 spiro atoms. The Bertz CT molecular complexity index is 619. The number of hydrogen-bond acceptors (Lipinski definition) is 5. The molecule has 1 heterocycles. The summed E-state index contributed by atoms with van der Waals surface area (Å²) in [5.41, 5.74) is -0.0566. The summed E-state index contributed by atoms with van der Waals surface area (Å²) < 4.78 is 29.8. The van der Waals surface area contributed by atoms with Crippen LogP contribution in [0.5, 0.6) is 0 Å². The van der Waals surface area contributed by atoms with Crippen LogP contribution in [-0.2, 0) is 14.8 Å². The molecule has 0 aromatic carbocycles. The highest BCUT2D eigenvalue weighted by molar-refractivity contribution is 7.89. The first kappa shape index (κ1) is 17.2. The van der Waals surface area contributed by atoms with Gasteiger partial charge in [0.15, 0.2) is 0 Å². The maximum absolute atomic E-state index is 11.9. The summed E-state index contributed by atoms with van der Waals surface area (Å²) in [5.74, 6) is -1.77. The maximum atomic E-state index is 11.9. The molecule has 9 heteroatoms. The molecule has 8 nitrogen and oxygen atoms in total. The van der Waals surface area contributed by atoms with Crippen molar-refractivity contribution in [2.75, 3.05) is 7.05 Å². The van der Waals surface area contributed by atoms with Crippen LogP contribution in [-0.4, -0.2) is 38.5 Å². The van der Waals surface area contributed by atoms with Gasteiger partial charge in [-0.15, -0.1) is 0 Å². The van der Waals surface area contributed by atoms with Crippen LogP contribution in [0.15, 0.2) is 21.8 Å². The molecule has 1 rings (SSSR count). The number of sulfonamides is 1. The second-order valence-electron chi connectivity index (χ2n) is 4.86. The first-order chi connectivity index (χ1) is 9.67. The van der Waals surface area contributed by atoms with E-state index in [2.05, 4.69) is 5.32 Å². The Morgan fingerprint density at radius 2 is 2.00 bits per heavy atom. The third kappa shape index (κ3) is 4.57. The minimum Gasteiger partial charge on any atom is -0.480 e. The molecule has 3 N–H and O–H groups in total. The Labute approximate surface area is 122 Å². The van der Waals surface area contributed by atoms with Crippen LogP contribution in [0.4, 0.5) is 0 Å². The molecule has 0 aliphatic heterocycles. The zero-order chi connectivity index (χ0) is 16.2. The normalized spacial score (nSPS) is 13.1.